The Balaban J connectivity index is 1.33. The number of anilines is 2. The van der Waals surface area contributed by atoms with E-state index in [2.05, 4.69) is 31.7 Å². The molecule has 232 valence electrons. The first-order chi connectivity index (χ1) is 21.5. The summed E-state index contributed by atoms with van der Waals surface area (Å²) in [7, 11) is 0. The summed E-state index contributed by atoms with van der Waals surface area (Å²) in [4.78, 5) is 35.9. The van der Waals surface area contributed by atoms with Gasteiger partial charge in [0.1, 0.15) is 11.6 Å². The van der Waals surface area contributed by atoms with Crippen LogP contribution >= 0.6 is 11.8 Å². The number of hydrogen-bond acceptors (Lipinski definition) is 6. The second-order valence-electron chi connectivity index (χ2n) is 10.3. The van der Waals surface area contributed by atoms with E-state index in [1.54, 1.807) is 35.0 Å². The van der Waals surface area contributed by atoms with Gasteiger partial charge in [-0.05, 0) is 72.5 Å². The van der Waals surface area contributed by atoms with Gasteiger partial charge in [-0.3, -0.25) is 9.69 Å². The molecule has 4 aromatic rings. The van der Waals surface area contributed by atoms with Gasteiger partial charge in [0.25, 0.3) is 0 Å². The first-order valence-corrected chi connectivity index (χ1v) is 15.0. The molecule has 9 nitrogen and oxygen atoms in total. The average Bonchev–Trinajstić information content (AvgIpc) is 3.59. The lowest BCUT2D eigenvalue weighted by atomic mass is 10.0. The number of allylic oxidation sites excluding steroid dienone is 1. The third-order valence-corrected chi connectivity index (χ3v) is 7.64. The van der Waals surface area contributed by atoms with Crippen LogP contribution in [-0.4, -0.2) is 44.0 Å². The highest BCUT2D eigenvalue weighted by Crippen LogP contribution is 2.33. The molecular weight excluding hydrogens is 605 g/mol. The summed E-state index contributed by atoms with van der Waals surface area (Å²) < 4.78 is 43.3. The lowest BCUT2D eigenvalue weighted by Gasteiger charge is -2.21. The van der Waals surface area contributed by atoms with E-state index in [0.29, 0.717) is 52.3 Å². The fourth-order valence-electron chi connectivity index (χ4n) is 4.66. The maximum atomic E-state index is 12.9. The van der Waals surface area contributed by atoms with Crippen molar-refractivity contribution in [3.63, 3.8) is 0 Å². The van der Waals surface area contributed by atoms with E-state index in [-0.39, 0.29) is 23.3 Å². The number of rotatable bonds is 9. The Morgan fingerprint density at radius 1 is 1.11 bits per heavy atom. The van der Waals surface area contributed by atoms with E-state index < -0.39 is 12.4 Å². The van der Waals surface area contributed by atoms with Gasteiger partial charge in [-0.25, -0.2) is 14.5 Å². The molecule has 2 heterocycles. The third kappa shape index (κ3) is 7.60. The zero-order valence-electron chi connectivity index (χ0n) is 24.4. The highest BCUT2D eigenvalue weighted by Gasteiger charge is 2.32. The third-order valence-electron chi connectivity index (χ3n) is 6.72. The SMILES string of the molecule is C=CCCc1nc(-c2ccc(NC(=O)N=C3SCC(=O)N3c3ccccc3C(C)C)cc2)nn1-c1ccc(OC(F)(F)F)cc1. The number of para-hydroxylation sites is 1. The van der Waals surface area contributed by atoms with Gasteiger partial charge in [0.15, 0.2) is 11.0 Å². The van der Waals surface area contributed by atoms with Gasteiger partial charge in [0, 0.05) is 17.7 Å². The average molecular weight is 635 g/mol. The fraction of sp³-hybridized carbons (Fsp3) is 0.219. The lowest BCUT2D eigenvalue weighted by molar-refractivity contribution is -0.274. The number of carbonyl (C=O) groups is 2. The molecule has 0 unspecified atom stereocenters. The minimum atomic E-state index is -4.79. The minimum absolute atomic E-state index is 0.144. The summed E-state index contributed by atoms with van der Waals surface area (Å²) in [5.74, 6) is 0.860. The monoisotopic (exact) mass is 634 g/mol. The van der Waals surface area contributed by atoms with E-state index in [1.165, 1.54) is 40.9 Å². The lowest BCUT2D eigenvalue weighted by Crippen LogP contribution is -2.31. The number of aromatic nitrogens is 3. The van der Waals surface area contributed by atoms with Crippen LogP contribution in [0.25, 0.3) is 17.1 Å². The first kappa shape index (κ1) is 31.5. The largest absolute Gasteiger partial charge is 0.573 e. The predicted octanol–water partition coefficient (Wildman–Crippen LogP) is 7.74. The predicted molar refractivity (Wildman–Crippen MR) is 169 cm³/mol. The summed E-state index contributed by atoms with van der Waals surface area (Å²) in [6.45, 7) is 7.82. The minimum Gasteiger partial charge on any atom is -0.406 e. The number of amidine groups is 1. The zero-order chi connectivity index (χ0) is 32.1. The first-order valence-electron chi connectivity index (χ1n) is 14.0. The normalized spacial score (nSPS) is 14.3. The van der Waals surface area contributed by atoms with Crippen LogP contribution in [0.1, 0.15) is 37.6 Å². The molecule has 1 fully saturated rings. The van der Waals surface area contributed by atoms with Crippen molar-refractivity contribution >= 4 is 40.2 Å². The molecule has 5 rings (SSSR count). The maximum absolute atomic E-state index is 12.9. The molecule has 13 heteroatoms. The quantitative estimate of drug-likeness (QED) is 0.189. The molecule has 1 saturated heterocycles. The van der Waals surface area contributed by atoms with Gasteiger partial charge < -0.3 is 10.1 Å². The molecule has 1 N–H and O–H groups in total. The standard InChI is InChI=1S/C32H29F3N6O3S/c1-4-5-10-27-37-29(39-41(27)23-15-17-24(18-16-23)44-32(33,34)35)21-11-13-22(14-12-21)36-30(43)38-31-40(28(42)19-45-31)26-9-7-6-8-25(26)20(2)3/h4,6-9,11-18,20H,1,5,10,19H2,2-3H3,(H,36,43). The number of aryl methyl sites for hydroxylation is 1. The number of urea groups is 1. The van der Waals surface area contributed by atoms with E-state index in [9.17, 15) is 22.8 Å². The van der Waals surface area contributed by atoms with Gasteiger partial charge in [-0.15, -0.1) is 24.8 Å². The summed E-state index contributed by atoms with van der Waals surface area (Å²) >= 11 is 1.21. The topological polar surface area (TPSA) is 102 Å². The van der Waals surface area contributed by atoms with Crippen molar-refractivity contribution in [1.82, 2.24) is 14.8 Å². The van der Waals surface area contributed by atoms with Crippen LogP contribution in [-0.2, 0) is 11.2 Å². The van der Waals surface area contributed by atoms with Crippen molar-refractivity contribution in [2.24, 2.45) is 4.99 Å². The van der Waals surface area contributed by atoms with Gasteiger partial charge in [-0.1, -0.05) is 49.9 Å². The van der Waals surface area contributed by atoms with Gasteiger partial charge >= 0.3 is 12.4 Å². The number of halogens is 3. The molecule has 1 aliphatic heterocycles. The van der Waals surface area contributed by atoms with Crippen molar-refractivity contribution in [1.29, 1.82) is 0 Å². The molecule has 3 amide bonds. The number of aliphatic imine (C=N–C) groups is 1. The Morgan fingerprint density at radius 2 is 1.82 bits per heavy atom. The second kappa shape index (κ2) is 13.4. The molecule has 0 aliphatic carbocycles. The van der Waals surface area contributed by atoms with Gasteiger partial charge in [-0.2, -0.15) is 4.99 Å². The Kier molecular flexibility index (Phi) is 9.37. The molecule has 0 atom stereocenters. The molecule has 0 spiro atoms. The number of carbonyl (C=O) groups excluding carboxylic acids is 2. The molecule has 1 aromatic heterocycles. The molecule has 1 aliphatic rings. The van der Waals surface area contributed by atoms with E-state index in [0.717, 1.165) is 5.56 Å². The van der Waals surface area contributed by atoms with Crippen LogP contribution in [0.3, 0.4) is 0 Å². The van der Waals surface area contributed by atoms with Crippen molar-refractivity contribution in [3.05, 3.63) is 96.8 Å². The Hall–Kier alpha value is -4.91. The number of alkyl halides is 3. The smallest absolute Gasteiger partial charge is 0.406 e. The van der Waals surface area contributed by atoms with Crippen LogP contribution in [0, 0.1) is 0 Å². The van der Waals surface area contributed by atoms with Crippen LogP contribution in [0.2, 0.25) is 0 Å². The number of nitrogens with zero attached hydrogens (tertiary/aromatic N) is 5. The van der Waals surface area contributed by atoms with E-state index in [1.807, 2.05) is 38.1 Å². The number of benzene rings is 3. The molecule has 3 aromatic carbocycles. The van der Waals surface area contributed by atoms with Gasteiger partial charge in [0.05, 0.1) is 17.1 Å². The Morgan fingerprint density at radius 3 is 2.49 bits per heavy atom. The second-order valence-corrected chi connectivity index (χ2v) is 11.2. The highest BCUT2D eigenvalue weighted by atomic mass is 32.2. The summed E-state index contributed by atoms with van der Waals surface area (Å²) in [6, 6.07) is 19.1. The summed E-state index contributed by atoms with van der Waals surface area (Å²) in [6.07, 6.45) is -1.93. The number of amides is 3. The summed E-state index contributed by atoms with van der Waals surface area (Å²) in [5, 5.41) is 7.63. The number of ether oxygens (including phenoxy) is 1. The number of hydrogen-bond donors (Lipinski definition) is 1. The molecule has 0 bridgehead atoms. The van der Waals surface area contributed by atoms with E-state index >= 15 is 0 Å². The molecular formula is C32H29F3N6O3S. The molecule has 0 saturated carbocycles. The maximum Gasteiger partial charge on any atom is 0.573 e. The van der Waals surface area contributed by atoms with Crippen LogP contribution < -0.4 is 15.0 Å². The van der Waals surface area contributed by atoms with Crippen molar-refractivity contribution in [3.8, 4) is 22.8 Å². The number of thioether (sulfide) groups is 1. The van der Waals surface area contributed by atoms with Crippen molar-refractivity contribution in [2.45, 2.75) is 39.0 Å². The van der Waals surface area contributed by atoms with Crippen LogP contribution in [0.4, 0.5) is 29.3 Å². The number of nitrogens with one attached hydrogen (secondary N) is 1. The summed E-state index contributed by atoms with van der Waals surface area (Å²) in [5.41, 5.74) is 3.33. The Labute approximate surface area is 261 Å². The molecule has 0 radical (unpaired) electrons. The van der Waals surface area contributed by atoms with Crippen LogP contribution in [0.5, 0.6) is 5.75 Å². The van der Waals surface area contributed by atoms with E-state index in [4.69, 9.17) is 0 Å². The van der Waals surface area contributed by atoms with Crippen molar-refractivity contribution < 1.29 is 27.5 Å². The Bertz CT molecular complexity index is 1730. The van der Waals surface area contributed by atoms with Crippen molar-refractivity contribution in [2.75, 3.05) is 16.0 Å². The highest BCUT2D eigenvalue weighted by molar-refractivity contribution is 8.15. The zero-order valence-corrected chi connectivity index (χ0v) is 25.2. The fourth-order valence-corrected chi connectivity index (χ4v) is 5.52. The van der Waals surface area contributed by atoms with Crippen LogP contribution in [0.15, 0.2) is 90.4 Å². The molecule has 45 heavy (non-hydrogen) atoms. The van der Waals surface area contributed by atoms with Gasteiger partial charge in [0.2, 0.25) is 5.91 Å².